The van der Waals surface area contributed by atoms with Gasteiger partial charge in [0.25, 0.3) is 5.91 Å². The fourth-order valence-electron chi connectivity index (χ4n) is 3.26. The van der Waals surface area contributed by atoms with E-state index in [0.717, 1.165) is 35.9 Å². The van der Waals surface area contributed by atoms with E-state index in [9.17, 15) is 4.79 Å². The van der Waals surface area contributed by atoms with Crippen molar-refractivity contribution in [1.82, 2.24) is 9.88 Å². The highest BCUT2D eigenvalue weighted by molar-refractivity contribution is 6.07. The van der Waals surface area contributed by atoms with E-state index < -0.39 is 0 Å². The molecule has 4 nitrogen and oxygen atoms in total. The van der Waals surface area contributed by atoms with Crippen LogP contribution < -0.4 is 5.73 Å². The number of aromatic amines is 1. The van der Waals surface area contributed by atoms with E-state index in [4.69, 9.17) is 5.73 Å². The number of hydrogen-bond acceptors (Lipinski definition) is 2. The fourth-order valence-corrected chi connectivity index (χ4v) is 3.26. The summed E-state index contributed by atoms with van der Waals surface area (Å²) >= 11 is 0. The van der Waals surface area contributed by atoms with Gasteiger partial charge in [-0.15, -0.1) is 0 Å². The maximum atomic E-state index is 12.8. The largest absolute Gasteiger partial charge is 0.399 e. The molecule has 1 saturated carbocycles. The van der Waals surface area contributed by atoms with Crippen molar-refractivity contribution in [3.63, 3.8) is 0 Å². The number of nitrogens with one attached hydrogen (secondary N) is 1. The zero-order chi connectivity index (χ0) is 14.1. The zero-order valence-corrected chi connectivity index (χ0v) is 11.9. The standard InChI is InChI=1S/C16H21N3O/c1-2-19(12-5-3-4-6-12)16(20)14-10-18-15-9-11(17)7-8-13(14)15/h7-10,12,18H,2-6,17H2,1H3. The molecule has 0 radical (unpaired) electrons. The van der Waals surface area contributed by atoms with Gasteiger partial charge in [0.05, 0.1) is 5.56 Å². The molecule has 2 aromatic rings. The van der Waals surface area contributed by atoms with Gasteiger partial charge in [0.15, 0.2) is 0 Å². The van der Waals surface area contributed by atoms with Crippen LogP contribution in [0.5, 0.6) is 0 Å². The van der Waals surface area contributed by atoms with Crippen molar-refractivity contribution in [2.75, 3.05) is 12.3 Å². The Kier molecular flexibility index (Phi) is 3.38. The molecule has 1 heterocycles. The van der Waals surface area contributed by atoms with Crippen LogP contribution in [-0.2, 0) is 0 Å². The number of carbonyl (C=O) groups is 1. The maximum absolute atomic E-state index is 12.8. The van der Waals surface area contributed by atoms with Gasteiger partial charge in [0.2, 0.25) is 0 Å². The second-order valence-electron chi connectivity index (χ2n) is 5.54. The number of H-pyrrole nitrogens is 1. The Bertz CT molecular complexity index is 626. The number of amides is 1. The zero-order valence-electron chi connectivity index (χ0n) is 11.9. The summed E-state index contributed by atoms with van der Waals surface area (Å²) in [4.78, 5) is 18.0. The molecule has 1 amide bonds. The van der Waals surface area contributed by atoms with Gasteiger partial charge in [-0.1, -0.05) is 12.8 Å². The molecular formula is C16H21N3O. The lowest BCUT2D eigenvalue weighted by Gasteiger charge is -2.27. The van der Waals surface area contributed by atoms with Gasteiger partial charge in [0, 0.05) is 35.4 Å². The first-order valence-corrected chi connectivity index (χ1v) is 7.38. The first-order chi connectivity index (χ1) is 9.70. The van der Waals surface area contributed by atoms with E-state index in [1.54, 1.807) is 0 Å². The first kappa shape index (κ1) is 13.0. The third kappa shape index (κ3) is 2.15. The molecule has 1 fully saturated rings. The smallest absolute Gasteiger partial charge is 0.256 e. The van der Waals surface area contributed by atoms with E-state index in [1.807, 2.05) is 29.3 Å². The summed E-state index contributed by atoms with van der Waals surface area (Å²) in [6, 6.07) is 6.06. The molecule has 0 atom stereocenters. The minimum absolute atomic E-state index is 0.135. The summed E-state index contributed by atoms with van der Waals surface area (Å²) in [7, 11) is 0. The number of fused-ring (bicyclic) bond motifs is 1. The van der Waals surface area contributed by atoms with Crippen LogP contribution in [0.15, 0.2) is 24.4 Å². The van der Waals surface area contributed by atoms with Crippen molar-refractivity contribution in [2.24, 2.45) is 0 Å². The molecule has 0 bridgehead atoms. The molecule has 0 unspecified atom stereocenters. The Morgan fingerprint density at radius 3 is 2.85 bits per heavy atom. The molecule has 1 aromatic heterocycles. The third-order valence-corrected chi connectivity index (χ3v) is 4.30. The number of rotatable bonds is 3. The minimum atomic E-state index is 0.135. The summed E-state index contributed by atoms with van der Waals surface area (Å²) in [5.41, 5.74) is 8.17. The Morgan fingerprint density at radius 1 is 1.40 bits per heavy atom. The highest BCUT2D eigenvalue weighted by Gasteiger charge is 2.27. The highest BCUT2D eigenvalue weighted by Crippen LogP contribution is 2.27. The van der Waals surface area contributed by atoms with Crippen LogP contribution in [0.2, 0.25) is 0 Å². The maximum Gasteiger partial charge on any atom is 0.256 e. The van der Waals surface area contributed by atoms with Gasteiger partial charge < -0.3 is 15.6 Å². The molecule has 3 N–H and O–H groups in total. The topological polar surface area (TPSA) is 62.1 Å². The predicted molar refractivity (Wildman–Crippen MR) is 81.7 cm³/mol. The van der Waals surface area contributed by atoms with Gasteiger partial charge in [-0.3, -0.25) is 4.79 Å². The van der Waals surface area contributed by atoms with E-state index in [2.05, 4.69) is 11.9 Å². The van der Waals surface area contributed by atoms with Crippen molar-refractivity contribution in [1.29, 1.82) is 0 Å². The van der Waals surface area contributed by atoms with Crippen LogP contribution >= 0.6 is 0 Å². The van der Waals surface area contributed by atoms with E-state index in [1.165, 1.54) is 12.8 Å². The van der Waals surface area contributed by atoms with Crippen LogP contribution in [0.4, 0.5) is 5.69 Å². The van der Waals surface area contributed by atoms with Gasteiger partial charge in [-0.05, 0) is 38.0 Å². The predicted octanol–water partition coefficient (Wildman–Crippen LogP) is 3.15. The monoisotopic (exact) mass is 271 g/mol. The summed E-state index contributed by atoms with van der Waals surface area (Å²) in [6.07, 6.45) is 6.55. The van der Waals surface area contributed by atoms with Gasteiger partial charge in [-0.2, -0.15) is 0 Å². The molecule has 20 heavy (non-hydrogen) atoms. The number of anilines is 1. The molecule has 1 aliphatic rings. The average Bonchev–Trinajstić information content (AvgIpc) is 3.08. The van der Waals surface area contributed by atoms with Crippen molar-refractivity contribution in [3.8, 4) is 0 Å². The van der Waals surface area contributed by atoms with Crippen molar-refractivity contribution < 1.29 is 4.79 Å². The number of nitrogens with two attached hydrogens (primary N) is 1. The van der Waals surface area contributed by atoms with Crippen molar-refractivity contribution >= 4 is 22.5 Å². The number of nitrogens with zero attached hydrogens (tertiary/aromatic N) is 1. The Labute approximate surface area is 118 Å². The fraction of sp³-hybridized carbons (Fsp3) is 0.438. The number of benzene rings is 1. The molecule has 0 spiro atoms. The molecule has 0 saturated heterocycles. The van der Waals surface area contributed by atoms with Gasteiger partial charge >= 0.3 is 0 Å². The van der Waals surface area contributed by atoms with E-state index >= 15 is 0 Å². The van der Waals surface area contributed by atoms with Crippen LogP contribution in [0, 0.1) is 0 Å². The average molecular weight is 271 g/mol. The Balaban J connectivity index is 1.94. The van der Waals surface area contributed by atoms with E-state index in [-0.39, 0.29) is 5.91 Å². The molecular weight excluding hydrogens is 250 g/mol. The van der Waals surface area contributed by atoms with Gasteiger partial charge in [0.1, 0.15) is 0 Å². The minimum Gasteiger partial charge on any atom is -0.399 e. The summed E-state index contributed by atoms with van der Waals surface area (Å²) < 4.78 is 0. The summed E-state index contributed by atoms with van der Waals surface area (Å²) in [5.74, 6) is 0.135. The number of aromatic nitrogens is 1. The molecule has 106 valence electrons. The Hall–Kier alpha value is -1.97. The molecule has 3 rings (SSSR count). The van der Waals surface area contributed by atoms with Crippen LogP contribution in [0.1, 0.15) is 43.0 Å². The highest BCUT2D eigenvalue weighted by atomic mass is 16.2. The number of nitrogen functional groups attached to an aromatic ring is 1. The third-order valence-electron chi connectivity index (χ3n) is 4.30. The molecule has 1 aromatic carbocycles. The molecule has 4 heteroatoms. The lowest BCUT2D eigenvalue weighted by molar-refractivity contribution is 0.0695. The van der Waals surface area contributed by atoms with Crippen LogP contribution in [-0.4, -0.2) is 28.4 Å². The van der Waals surface area contributed by atoms with Gasteiger partial charge in [-0.25, -0.2) is 0 Å². The first-order valence-electron chi connectivity index (χ1n) is 7.38. The second kappa shape index (κ2) is 5.19. The SMILES string of the molecule is CCN(C(=O)c1c[nH]c2cc(N)ccc12)C1CCCC1. The summed E-state index contributed by atoms with van der Waals surface area (Å²) in [6.45, 7) is 2.83. The summed E-state index contributed by atoms with van der Waals surface area (Å²) in [5, 5.41) is 0.959. The van der Waals surface area contributed by atoms with E-state index in [0.29, 0.717) is 11.7 Å². The molecule has 0 aliphatic heterocycles. The van der Waals surface area contributed by atoms with Crippen molar-refractivity contribution in [2.45, 2.75) is 38.6 Å². The lowest BCUT2D eigenvalue weighted by atomic mass is 10.1. The van der Waals surface area contributed by atoms with Crippen LogP contribution in [0.25, 0.3) is 10.9 Å². The van der Waals surface area contributed by atoms with Crippen LogP contribution in [0.3, 0.4) is 0 Å². The Morgan fingerprint density at radius 2 is 2.15 bits per heavy atom. The lowest BCUT2D eigenvalue weighted by Crippen LogP contribution is -2.38. The second-order valence-corrected chi connectivity index (χ2v) is 5.54. The normalized spacial score (nSPS) is 15.8. The number of hydrogen-bond donors (Lipinski definition) is 2. The quantitative estimate of drug-likeness (QED) is 0.842. The van der Waals surface area contributed by atoms with Crippen molar-refractivity contribution in [3.05, 3.63) is 30.0 Å². The number of carbonyl (C=O) groups excluding carboxylic acids is 1. The molecule has 1 aliphatic carbocycles.